The van der Waals surface area contributed by atoms with Crippen LogP contribution in [-0.2, 0) is 26.2 Å². The second kappa shape index (κ2) is 13.1. The lowest BCUT2D eigenvalue weighted by Gasteiger charge is -2.30. The van der Waals surface area contributed by atoms with Crippen LogP contribution >= 0.6 is 0 Å². The van der Waals surface area contributed by atoms with Crippen molar-refractivity contribution >= 4 is 27.5 Å². The number of sulfonamides is 1. The molecule has 3 rings (SSSR count). The van der Waals surface area contributed by atoms with Crippen molar-refractivity contribution in [2.24, 2.45) is 0 Å². The summed E-state index contributed by atoms with van der Waals surface area (Å²) in [4.78, 5) is 28.2. The number of rotatable bonds is 12. The Kier molecular flexibility index (Phi) is 10.2. The highest BCUT2D eigenvalue weighted by molar-refractivity contribution is 7.92. The fourth-order valence-corrected chi connectivity index (χ4v) is 5.95. The molecule has 1 aliphatic rings. The van der Waals surface area contributed by atoms with Crippen molar-refractivity contribution in [1.29, 1.82) is 0 Å². The minimum absolute atomic E-state index is 0.119. The molecule has 0 bridgehead atoms. The molecule has 2 amide bonds. The first-order valence-corrected chi connectivity index (χ1v) is 15.1. The van der Waals surface area contributed by atoms with E-state index in [9.17, 15) is 18.0 Å². The minimum Gasteiger partial charge on any atom is -0.497 e. The van der Waals surface area contributed by atoms with Crippen molar-refractivity contribution in [3.63, 3.8) is 0 Å². The van der Waals surface area contributed by atoms with Gasteiger partial charge in [0.25, 0.3) is 0 Å². The molecule has 0 unspecified atom stereocenters. The number of amides is 2. The topological polar surface area (TPSA) is 96.0 Å². The average Bonchev–Trinajstić information content (AvgIpc) is 3.36. The Labute approximate surface area is 227 Å². The number of aryl methyl sites for hydroxylation is 2. The lowest BCUT2D eigenvalue weighted by atomic mass is 10.1. The third-order valence-electron chi connectivity index (χ3n) is 7.03. The number of benzene rings is 2. The van der Waals surface area contributed by atoms with Crippen molar-refractivity contribution in [2.75, 3.05) is 24.2 Å². The zero-order valence-corrected chi connectivity index (χ0v) is 24.0. The molecule has 0 spiro atoms. The van der Waals surface area contributed by atoms with E-state index in [2.05, 4.69) is 5.32 Å². The highest BCUT2D eigenvalue weighted by Gasteiger charge is 2.28. The van der Waals surface area contributed by atoms with Gasteiger partial charge in [-0.3, -0.25) is 13.9 Å². The van der Waals surface area contributed by atoms with Gasteiger partial charge in [0.05, 0.1) is 19.1 Å². The van der Waals surface area contributed by atoms with Crippen molar-refractivity contribution in [1.82, 2.24) is 10.2 Å². The standard InChI is InChI=1S/C29H41N3O5S/c1-21-17-22(2)19-26(18-21)32(38(5,35)36)16-8-11-28(33)31(20-24-12-14-27(37-4)15-13-24)23(3)29(34)30-25-9-6-7-10-25/h12-15,17-19,23,25H,6-11,16,20H2,1-5H3,(H,30,34)/t23-/m0/s1. The molecule has 0 aromatic heterocycles. The Hall–Kier alpha value is -3.07. The largest absolute Gasteiger partial charge is 0.497 e. The molecular formula is C29H41N3O5S. The van der Waals surface area contributed by atoms with Crippen LogP contribution in [0.1, 0.15) is 62.1 Å². The lowest BCUT2D eigenvalue weighted by Crippen LogP contribution is -2.49. The normalized spacial score (nSPS) is 14.7. The van der Waals surface area contributed by atoms with Gasteiger partial charge in [-0.2, -0.15) is 0 Å². The zero-order chi connectivity index (χ0) is 27.9. The number of hydrogen-bond acceptors (Lipinski definition) is 5. The molecule has 208 valence electrons. The Morgan fingerprint density at radius 1 is 1.05 bits per heavy atom. The van der Waals surface area contributed by atoms with Crippen LogP contribution in [0, 0.1) is 13.8 Å². The number of ether oxygens (including phenoxy) is 1. The Morgan fingerprint density at radius 3 is 2.21 bits per heavy atom. The average molecular weight is 544 g/mol. The fourth-order valence-electron chi connectivity index (χ4n) is 5.00. The number of hydrogen-bond donors (Lipinski definition) is 1. The van der Waals surface area contributed by atoms with E-state index < -0.39 is 16.1 Å². The second-order valence-electron chi connectivity index (χ2n) is 10.3. The first-order valence-electron chi connectivity index (χ1n) is 13.3. The maximum absolute atomic E-state index is 13.5. The number of nitrogens with one attached hydrogen (secondary N) is 1. The third kappa shape index (κ3) is 8.21. The predicted molar refractivity (Wildman–Crippen MR) is 151 cm³/mol. The molecule has 2 aromatic carbocycles. The predicted octanol–water partition coefficient (Wildman–Crippen LogP) is 4.33. The highest BCUT2D eigenvalue weighted by Crippen LogP contribution is 2.23. The summed E-state index contributed by atoms with van der Waals surface area (Å²) in [7, 11) is -1.94. The van der Waals surface area contributed by atoms with Gasteiger partial charge in [0.1, 0.15) is 11.8 Å². The molecule has 1 aliphatic carbocycles. The van der Waals surface area contributed by atoms with Crippen LogP contribution in [0.4, 0.5) is 5.69 Å². The van der Waals surface area contributed by atoms with E-state index in [0.29, 0.717) is 17.9 Å². The van der Waals surface area contributed by atoms with Crippen LogP contribution in [0.15, 0.2) is 42.5 Å². The van der Waals surface area contributed by atoms with Crippen LogP contribution in [0.5, 0.6) is 5.75 Å². The monoisotopic (exact) mass is 543 g/mol. The van der Waals surface area contributed by atoms with Crippen LogP contribution in [-0.4, -0.2) is 57.1 Å². The van der Waals surface area contributed by atoms with Gasteiger partial charge in [-0.05, 0) is 81.0 Å². The molecule has 0 heterocycles. The summed E-state index contributed by atoms with van der Waals surface area (Å²) < 4.78 is 31.8. The van der Waals surface area contributed by atoms with Crippen molar-refractivity contribution in [2.45, 2.75) is 77.9 Å². The summed E-state index contributed by atoms with van der Waals surface area (Å²) in [6.45, 7) is 6.05. The third-order valence-corrected chi connectivity index (χ3v) is 8.22. The maximum atomic E-state index is 13.5. The summed E-state index contributed by atoms with van der Waals surface area (Å²) in [6, 6.07) is 12.6. The lowest BCUT2D eigenvalue weighted by molar-refractivity contribution is -0.141. The van der Waals surface area contributed by atoms with Crippen molar-refractivity contribution in [3.05, 3.63) is 59.2 Å². The molecule has 8 nitrogen and oxygen atoms in total. The van der Waals surface area contributed by atoms with Gasteiger partial charge in [0.15, 0.2) is 0 Å². The van der Waals surface area contributed by atoms with Crippen LogP contribution in [0.2, 0.25) is 0 Å². The Balaban J connectivity index is 1.73. The van der Waals surface area contributed by atoms with E-state index in [1.165, 1.54) is 10.6 Å². The molecule has 1 saturated carbocycles. The van der Waals surface area contributed by atoms with Gasteiger partial charge in [-0.25, -0.2) is 8.42 Å². The number of nitrogens with zero attached hydrogens (tertiary/aromatic N) is 2. The smallest absolute Gasteiger partial charge is 0.242 e. The van der Waals surface area contributed by atoms with E-state index in [-0.39, 0.29) is 37.4 Å². The van der Waals surface area contributed by atoms with Crippen LogP contribution in [0.25, 0.3) is 0 Å². The molecule has 38 heavy (non-hydrogen) atoms. The first kappa shape index (κ1) is 29.5. The highest BCUT2D eigenvalue weighted by atomic mass is 32.2. The van der Waals surface area contributed by atoms with Gasteiger partial charge in [-0.1, -0.05) is 31.0 Å². The van der Waals surface area contributed by atoms with Crippen molar-refractivity contribution < 1.29 is 22.7 Å². The second-order valence-corrected chi connectivity index (χ2v) is 12.2. The molecule has 2 aromatic rings. The SMILES string of the molecule is COc1ccc(CN(C(=O)CCCN(c2cc(C)cc(C)c2)S(C)(=O)=O)[C@@H](C)C(=O)NC2CCCC2)cc1. The number of carbonyl (C=O) groups excluding carboxylic acids is 2. The van der Waals surface area contributed by atoms with Gasteiger partial charge in [0, 0.05) is 25.6 Å². The summed E-state index contributed by atoms with van der Waals surface area (Å²) >= 11 is 0. The summed E-state index contributed by atoms with van der Waals surface area (Å²) in [5.74, 6) is 0.362. The first-order chi connectivity index (χ1) is 18.0. The van der Waals surface area contributed by atoms with E-state index >= 15 is 0 Å². The quantitative estimate of drug-likeness (QED) is 0.430. The summed E-state index contributed by atoms with van der Waals surface area (Å²) in [6.07, 6.45) is 5.76. The number of anilines is 1. The van der Waals surface area contributed by atoms with Gasteiger partial charge >= 0.3 is 0 Å². The van der Waals surface area contributed by atoms with Crippen molar-refractivity contribution in [3.8, 4) is 5.75 Å². The zero-order valence-electron chi connectivity index (χ0n) is 23.2. The molecule has 0 aliphatic heterocycles. The van der Waals surface area contributed by atoms with E-state index in [4.69, 9.17) is 4.74 Å². The molecule has 1 fully saturated rings. The number of carbonyl (C=O) groups is 2. The van der Waals surface area contributed by atoms with Crippen LogP contribution < -0.4 is 14.4 Å². The maximum Gasteiger partial charge on any atom is 0.242 e. The number of methoxy groups -OCH3 is 1. The molecule has 1 atom stereocenters. The van der Waals surface area contributed by atoms with Crippen LogP contribution in [0.3, 0.4) is 0 Å². The van der Waals surface area contributed by atoms with E-state index in [0.717, 1.165) is 42.4 Å². The van der Waals surface area contributed by atoms with E-state index in [1.807, 2.05) is 56.3 Å². The Morgan fingerprint density at radius 2 is 1.66 bits per heavy atom. The molecule has 9 heteroatoms. The summed E-state index contributed by atoms with van der Waals surface area (Å²) in [5.41, 5.74) is 3.42. The van der Waals surface area contributed by atoms with Gasteiger partial charge < -0.3 is 15.0 Å². The van der Waals surface area contributed by atoms with Gasteiger partial charge in [-0.15, -0.1) is 0 Å². The molecule has 0 radical (unpaired) electrons. The molecule has 1 N–H and O–H groups in total. The van der Waals surface area contributed by atoms with E-state index in [1.54, 1.807) is 18.9 Å². The minimum atomic E-state index is -3.54. The summed E-state index contributed by atoms with van der Waals surface area (Å²) in [5, 5.41) is 3.10. The Bertz CT molecular complexity index is 1190. The molecular weight excluding hydrogens is 502 g/mol. The van der Waals surface area contributed by atoms with Gasteiger partial charge in [0.2, 0.25) is 21.8 Å². The fraction of sp³-hybridized carbons (Fsp3) is 0.517. The molecule has 0 saturated heterocycles.